The maximum atomic E-state index is 13.9. The van der Waals surface area contributed by atoms with Gasteiger partial charge in [-0.05, 0) is 30.2 Å². The summed E-state index contributed by atoms with van der Waals surface area (Å²) in [6, 6.07) is 9.34. The van der Waals surface area contributed by atoms with E-state index in [9.17, 15) is 14.3 Å². The van der Waals surface area contributed by atoms with E-state index >= 15 is 0 Å². The van der Waals surface area contributed by atoms with Gasteiger partial charge in [0.2, 0.25) is 0 Å². The van der Waals surface area contributed by atoms with E-state index in [-0.39, 0.29) is 28.9 Å². The number of hydrogen-bond acceptors (Lipinski definition) is 4. The number of nitrogens with one attached hydrogen (secondary N) is 1. The Kier molecular flexibility index (Phi) is 4.43. The maximum absolute atomic E-state index is 13.9. The summed E-state index contributed by atoms with van der Waals surface area (Å²) in [6.07, 6.45) is 0.706. The van der Waals surface area contributed by atoms with E-state index in [2.05, 4.69) is 5.32 Å². The van der Waals surface area contributed by atoms with Gasteiger partial charge in [-0.1, -0.05) is 18.2 Å². The molecule has 2 aromatic rings. The molecular formula is C17H16FNO3S. The number of rotatable bonds is 3. The highest BCUT2D eigenvalue weighted by Crippen LogP contribution is 2.38. The van der Waals surface area contributed by atoms with Crippen LogP contribution in [0.2, 0.25) is 0 Å². The highest BCUT2D eigenvalue weighted by Gasteiger charge is 2.26. The third-order valence-corrected chi connectivity index (χ3v) is 4.95. The molecule has 2 aromatic carbocycles. The van der Waals surface area contributed by atoms with Crippen LogP contribution in [-0.4, -0.2) is 23.9 Å². The van der Waals surface area contributed by atoms with E-state index in [1.54, 1.807) is 18.2 Å². The molecule has 0 aliphatic carbocycles. The topological polar surface area (TPSA) is 58.6 Å². The first kappa shape index (κ1) is 15.7. The van der Waals surface area contributed by atoms with Crippen molar-refractivity contribution in [2.75, 3.05) is 12.9 Å². The third-order valence-electron chi connectivity index (χ3n) is 3.79. The summed E-state index contributed by atoms with van der Waals surface area (Å²) in [5.74, 6) is 0.0906. The Hall–Kier alpha value is -2.21. The Morgan fingerprint density at radius 2 is 2.13 bits per heavy atom. The molecule has 1 amide bonds. The number of fused-ring (bicyclic) bond motifs is 1. The van der Waals surface area contributed by atoms with E-state index in [4.69, 9.17) is 4.74 Å². The molecule has 1 aliphatic rings. The van der Waals surface area contributed by atoms with Crippen LogP contribution in [0.5, 0.6) is 11.5 Å². The number of thioether (sulfide) groups is 1. The fraction of sp³-hybridized carbons (Fsp3) is 0.235. The van der Waals surface area contributed by atoms with Crippen LogP contribution in [0.3, 0.4) is 0 Å². The molecule has 0 bridgehead atoms. The van der Waals surface area contributed by atoms with Crippen molar-refractivity contribution in [3.05, 3.63) is 53.3 Å². The molecule has 0 saturated heterocycles. The summed E-state index contributed by atoms with van der Waals surface area (Å²) in [4.78, 5) is 13.1. The van der Waals surface area contributed by atoms with Gasteiger partial charge in [-0.3, -0.25) is 4.79 Å². The van der Waals surface area contributed by atoms with Gasteiger partial charge in [-0.15, -0.1) is 11.8 Å². The zero-order valence-electron chi connectivity index (χ0n) is 12.5. The first-order valence-corrected chi connectivity index (χ1v) is 8.18. The monoisotopic (exact) mass is 333 g/mol. The zero-order valence-corrected chi connectivity index (χ0v) is 13.3. The Balaban J connectivity index is 1.87. The van der Waals surface area contributed by atoms with Crippen LogP contribution in [0.1, 0.15) is 28.4 Å². The van der Waals surface area contributed by atoms with E-state index in [1.165, 1.54) is 31.0 Å². The molecule has 6 heteroatoms. The summed E-state index contributed by atoms with van der Waals surface area (Å²) < 4.78 is 18.9. The molecule has 0 unspecified atom stereocenters. The molecule has 0 fully saturated rings. The number of hydrogen-bond donors (Lipinski definition) is 2. The van der Waals surface area contributed by atoms with Crippen LogP contribution in [0, 0.1) is 5.82 Å². The Bertz CT molecular complexity index is 751. The first-order chi connectivity index (χ1) is 11.1. The number of ether oxygens (including phenoxy) is 1. The van der Waals surface area contributed by atoms with Crippen LogP contribution in [0.15, 0.2) is 41.3 Å². The summed E-state index contributed by atoms with van der Waals surface area (Å²) in [6.45, 7) is 0. The average Bonchev–Trinajstić information content (AvgIpc) is 2.56. The molecule has 120 valence electrons. The number of para-hydroxylation sites is 1. The van der Waals surface area contributed by atoms with Gasteiger partial charge in [0, 0.05) is 10.6 Å². The smallest absolute Gasteiger partial charge is 0.255 e. The predicted octanol–water partition coefficient (Wildman–Crippen LogP) is 3.51. The second kappa shape index (κ2) is 6.50. The van der Waals surface area contributed by atoms with Gasteiger partial charge in [0.1, 0.15) is 5.82 Å². The number of benzene rings is 2. The maximum Gasteiger partial charge on any atom is 0.255 e. The van der Waals surface area contributed by atoms with Crippen molar-refractivity contribution in [2.24, 2.45) is 0 Å². The fourth-order valence-corrected chi connectivity index (χ4v) is 3.78. The second-order valence-corrected chi connectivity index (χ2v) is 6.28. The van der Waals surface area contributed by atoms with Gasteiger partial charge in [0.25, 0.3) is 5.91 Å². The lowest BCUT2D eigenvalue weighted by Crippen LogP contribution is -2.31. The van der Waals surface area contributed by atoms with Gasteiger partial charge in [-0.25, -0.2) is 4.39 Å². The highest BCUT2D eigenvalue weighted by molar-refractivity contribution is 7.99. The average molecular weight is 333 g/mol. The highest BCUT2D eigenvalue weighted by atomic mass is 32.2. The van der Waals surface area contributed by atoms with Crippen LogP contribution in [0.4, 0.5) is 4.39 Å². The van der Waals surface area contributed by atoms with Crippen molar-refractivity contribution >= 4 is 17.7 Å². The second-order valence-electron chi connectivity index (χ2n) is 5.18. The van der Waals surface area contributed by atoms with E-state index in [0.29, 0.717) is 11.3 Å². The normalized spacial score (nSPS) is 16.5. The number of carbonyl (C=O) groups excluding carboxylic acids is 1. The van der Waals surface area contributed by atoms with E-state index < -0.39 is 5.91 Å². The van der Waals surface area contributed by atoms with Gasteiger partial charge in [-0.2, -0.15) is 0 Å². The lowest BCUT2D eigenvalue weighted by Gasteiger charge is -2.26. The molecule has 1 atom stereocenters. The number of amides is 1. The first-order valence-electron chi connectivity index (χ1n) is 7.20. The molecule has 1 aliphatic heterocycles. The fourth-order valence-electron chi connectivity index (χ4n) is 2.64. The van der Waals surface area contributed by atoms with E-state index in [0.717, 1.165) is 11.3 Å². The Labute approximate surface area is 137 Å². The summed E-state index contributed by atoms with van der Waals surface area (Å²) >= 11 is 1.46. The molecule has 0 radical (unpaired) electrons. The van der Waals surface area contributed by atoms with Crippen LogP contribution >= 0.6 is 11.8 Å². The minimum absolute atomic E-state index is 0.139. The van der Waals surface area contributed by atoms with Gasteiger partial charge in [0.15, 0.2) is 11.5 Å². The summed E-state index contributed by atoms with van der Waals surface area (Å²) in [5.41, 5.74) is 0.914. The quantitative estimate of drug-likeness (QED) is 0.902. The molecule has 3 rings (SSSR count). The largest absolute Gasteiger partial charge is 0.504 e. The van der Waals surface area contributed by atoms with Crippen molar-refractivity contribution in [2.45, 2.75) is 17.4 Å². The van der Waals surface area contributed by atoms with Crippen molar-refractivity contribution in [1.82, 2.24) is 5.32 Å². The molecule has 0 saturated carbocycles. The molecule has 23 heavy (non-hydrogen) atoms. The third kappa shape index (κ3) is 2.99. The number of phenolic OH excluding ortho intramolecular Hbond substituents is 1. The number of phenols is 1. The van der Waals surface area contributed by atoms with Gasteiger partial charge < -0.3 is 15.2 Å². The Morgan fingerprint density at radius 3 is 2.91 bits per heavy atom. The van der Waals surface area contributed by atoms with Crippen LogP contribution < -0.4 is 10.1 Å². The Morgan fingerprint density at radius 1 is 1.35 bits per heavy atom. The molecule has 0 spiro atoms. The number of carbonyl (C=O) groups is 1. The van der Waals surface area contributed by atoms with Crippen molar-refractivity contribution in [1.29, 1.82) is 0 Å². The lowest BCUT2D eigenvalue weighted by atomic mass is 10.0. The lowest BCUT2D eigenvalue weighted by molar-refractivity contribution is 0.0931. The van der Waals surface area contributed by atoms with Crippen LogP contribution in [-0.2, 0) is 0 Å². The zero-order chi connectivity index (χ0) is 16.4. The number of methoxy groups -OCH3 is 1. The van der Waals surface area contributed by atoms with Crippen molar-refractivity contribution < 1.29 is 19.0 Å². The van der Waals surface area contributed by atoms with Crippen LogP contribution in [0.25, 0.3) is 0 Å². The predicted molar refractivity (Wildman–Crippen MR) is 86.6 cm³/mol. The minimum atomic E-state index is -0.409. The van der Waals surface area contributed by atoms with E-state index in [1.807, 2.05) is 6.07 Å². The SMILES string of the molecule is COc1cccc(C(=O)N[C@@H]2CCSc3c(F)cccc32)c1O. The number of aromatic hydroxyl groups is 1. The molecular weight excluding hydrogens is 317 g/mol. The molecule has 4 nitrogen and oxygen atoms in total. The van der Waals surface area contributed by atoms with Gasteiger partial charge >= 0.3 is 0 Å². The summed E-state index contributed by atoms with van der Waals surface area (Å²) in [5, 5.41) is 13.0. The van der Waals surface area contributed by atoms with Crippen molar-refractivity contribution in [3.63, 3.8) is 0 Å². The summed E-state index contributed by atoms with van der Waals surface area (Å²) in [7, 11) is 1.42. The van der Waals surface area contributed by atoms with Gasteiger partial charge in [0.05, 0.1) is 18.7 Å². The molecule has 2 N–H and O–H groups in total. The standard InChI is InChI=1S/C17H16FNO3S/c1-22-14-7-3-5-11(15(14)20)17(21)19-13-8-9-23-16-10(13)4-2-6-12(16)18/h2-7,13,20H,8-9H2,1H3,(H,19,21)/t13-/m1/s1. The molecule has 0 aromatic heterocycles. The number of halogens is 1. The molecule has 1 heterocycles. The minimum Gasteiger partial charge on any atom is -0.504 e. The van der Waals surface area contributed by atoms with Crippen molar-refractivity contribution in [3.8, 4) is 11.5 Å².